The van der Waals surface area contributed by atoms with Crippen LogP contribution in [0.15, 0.2) is 55.0 Å². The summed E-state index contributed by atoms with van der Waals surface area (Å²) in [4.78, 5) is 23.5. The van der Waals surface area contributed by atoms with Crippen molar-refractivity contribution in [1.82, 2.24) is 19.4 Å². The van der Waals surface area contributed by atoms with Crippen LogP contribution < -0.4 is 0 Å². The van der Waals surface area contributed by atoms with Crippen LogP contribution >= 0.6 is 0 Å². The summed E-state index contributed by atoms with van der Waals surface area (Å²) in [6.45, 7) is 3.42. The van der Waals surface area contributed by atoms with Gasteiger partial charge < -0.3 is 9.47 Å². The van der Waals surface area contributed by atoms with E-state index in [2.05, 4.69) is 14.5 Å². The van der Waals surface area contributed by atoms with Gasteiger partial charge in [-0.1, -0.05) is 12.1 Å². The van der Waals surface area contributed by atoms with Crippen molar-refractivity contribution in [2.75, 3.05) is 13.1 Å². The van der Waals surface area contributed by atoms with Crippen LogP contribution in [0, 0.1) is 12.7 Å². The number of pyridine rings is 1. The van der Waals surface area contributed by atoms with Crippen molar-refractivity contribution in [3.8, 4) is 11.4 Å². The zero-order valence-corrected chi connectivity index (χ0v) is 15.9. The maximum absolute atomic E-state index is 13.4. The molecule has 1 atom stereocenters. The molecule has 1 amide bonds. The summed E-state index contributed by atoms with van der Waals surface area (Å²) < 4.78 is 15.6. The quantitative estimate of drug-likeness (QED) is 0.694. The van der Waals surface area contributed by atoms with Crippen LogP contribution in [0.25, 0.3) is 11.4 Å². The Balaban J connectivity index is 1.53. The zero-order chi connectivity index (χ0) is 19.5. The molecule has 6 heteroatoms. The van der Waals surface area contributed by atoms with Crippen LogP contribution in [0.1, 0.15) is 30.1 Å². The highest BCUT2D eigenvalue weighted by Crippen LogP contribution is 2.29. The molecule has 144 valence electrons. The lowest BCUT2D eigenvalue weighted by molar-refractivity contribution is -0.132. The summed E-state index contributed by atoms with van der Waals surface area (Å²) in [5, 5.41) is 0. The summed E-state index contributed by atoms with van der Waals surface area (Å²) in [7, 11) is 0. The van der Waals surface area contributed by atoms with Crippen molar-refractivity contribution in [2.24, 2.45) is 0 Å². The number of hydrogen-bond donors (Lipinski definition) is 0. The first kappa shape index (κ1) is 18.3. The standard InChI is InChI=1S/C22H23FN4O/c1-16-13-25-22(18-6-3-9-24-14-18)27(16)20-8-4-10-26(15-20)21(28)12-17-5-2-7-19(23)11-17/h2-3,5-7,9,11,13-14,20H,4,8,10,12,15H2,1H3. The minimum absolute atomic E-state index is 0.0380. The van der Waals surface area contributed by atoms with Gasteiger partial charge >= 0.3 is 0 Å². The number of imidazole rings is 1. The molecule has 0 bridgehead atoms. The van der Waals surface area contributed by atoms with Crippen LogP contribution in [0.2, 0.25) is 0 Å². The van der Waals surface area contributed by atoms with E-state index in [0.717, 1.165) is 36.5 Å². The minimum Gasteiger partial charge on any atom is -0.340 e. The Kier molecular flexibility index (Phi) is 5.19. The molecule has 1 aromatic carbocycles. The lowest BCUT2D eigenvalue weighted by Gasteiger charge is -2.35. The van der Waals surface area contributed by atoms with Gasteiger partial charge in [0.2, 0.25) is 5.91 Å². The Morgan fingerprint density at radius 2 is 2.14 bits per heavy atom. The molecule has 0 saturated carbocycles. The van der Waals surface area contributed by atoms with Gasteiger partial charge in [0.25, 0.3) is 0 Å². The molecule has 0 spiro atoms. The van der Waals surface area contributed by atoms with E-state index < -0.39 is 0 Å². The van der Waals surface area contributed by atoms with Crippen molar-refractivity contribution in [3.05, 3.63) is 72.1 Å². The first-order valence-electron chi connectivity index (χ1n) is 9.58. The third-order valence-electron chi connectivity index (χ3n) is 5.26. The smallest absolute Gasteiger partial charge is 0.227 e. The number of aryl methyl sites for hydroxylation is 1. The van der Waals surface area contributed by atoms with E-state index >= 15 is 0 Å². The van der Waals surface area contributed by atoms with Gasteiger partial charge in [0, 0.05) is 42.9 Å². The summed E-state index contributed by atoms with van der Waals surface area (Å²) in [5.74, 6) is 0.614. The lowest BCUT2D eigenvalue weighted by Crippen LogP contribution is -2.41. The SMILES string of the molecule is Cc1cnc(-c2cccnc2)n1C1CCCN(C(=O)Cc2cccc(F)c2)C1. The van der Waals surface area contributed by atoms with Gasteiger partial charge in [-0.05, 0) is 49.6 Å². The lowest BCUT2D eigenvalue weighted by atomic mass is 10.0. The molecule has 5 nitrogen and oxygen atoms in total. The molecule has 28 heavy (non-hydrogen) atoms. The number of aromatic nitrogens is 3. The van der Waals surface area contributed by atoms with E-state index in [1.807, 2.05) is 36.4 Å². The van der Waals surface area contributed by atoms with E-state index in [4.69, 9.17) is 0 Å². The zero-order valence-electron chi connectivity index (χ0n) is 15.9. The van der Waals surface area contributed by atoms with E-state index in [0.29, 0.717) is 12.1 Å². The normalized spacial score (nSPS) is 16.9. The minimum atomic E-state index is -0.308. The van der Waals surface area contributed by atoms with Crippen molar-refractivity contribution in [2.45, 2.75) is 32.2 Å². The number of hydrogen-bond acceptors (Lipinski definition) is 3. The summed E-state index contributed by atoms with van der Waals surface area (Å²) >= 11 is 0. The van der Waals surface area contributed by atoms with E-state index in [1.165, 1.54) is 12.1 Å². The highest BCUT2D eigenvalue weighted by molar-refractivity contribution is 5.79. The van der Waals surface area contributed by atoms with Gasteiger partial charge in [0.1, 0.15) is 11.6 Å². The average Bonchev–Trinajstić information content (AvgIpc) is 3.10. The summed E-state index contributed by atoms with van der Waals surface area (Å²) in [5.41, 5.74) is 2.75. The molecule has 2 aromatic heterocycles. The number of rotatable bonds is 4. The molecule has 4 rings (SSSR count). The number of piperidine rings is 1. The van der Waals surface area contributed by atoms with Gasteiger partial charge in [-0.2, -0.15) is 0 Å². The van der Waals surface area contributed by atoms with Crippen LogP contribution in [0.4, 0.5) is 4.39 Å². The molecule has 3 aromatic rings. The van der Waals surface area contributed by atoms with Crippen LogP contribution in [0.3, 0.4) is 0 Å². The van der Waals surface area contributed by atoms with E-state index in [-0.39, 0.29) is 24.2 Å². The Morgan fingerprint density at radius 3 is 2.93 bits per heavy atom. The predicted octanol–water partition coefficient (Wildman–Crippen LogP) is 3.80. The molecule has 0 radical (unpaired) electrons. The summed E-state index contributed by atoms with van der Waals surface area (Å²) in [6, 6.07) is 10.3. The van der Waals surface area contributed by atoms with Gasteiger partial charge in [-0.15, -0.1) is 0 Å². The van der Waals surface area contributed by atoms with Crippen molar-refractivity contribution < 1.29 is 9.18 Å². The molecular weight excluding hydrogens is 355 g/mol. The Hall–Kier alpha value is -3.02. The van der Waals surface area contributed by atoms with Crippen molar-refractivity contribution >= 4 is 5.91 Å². The van der Waals surface area contributed by atoms with Crippen LogP contribution in [-0.4, -0.2) is 38.4 Å². The van der Waals surface area contributed by atoms with Gasteiger partial charge in [-0.25, -0.2) is 9.37 Å². The van der Waals surface area contributed by atoms with Crippen molar-refractivity contribution in [3.63, 3.8) is 0 Å². The second kappa shape index (κ2) is 7.92. The Labute approximate surface area is 163 Å². The molecule has 1 aliphatic heterocycles. The van der Waals surface area contributed by atoms with Gasteiger partial charge in [0.05, 0.1) is 12.5 Å². The summed E-state index contributed by atoms with van der Waals surface area (Å²) in [6.07, 6.45) is 7.58. The molecule has 1 unspecified atom stereocenters. The largest absolute Gasteiger partial charge is 0.340 e. The second-order valence-corrected chi connectivity index (χ2v) is 7.28. The number of carbonyl (C=O) groups excluding carboxylic acids is 1. The Morgan fingerprint density at radius 1 is 1.25 bits per heavy atom. The first-order valence-corrected chi connectivity index (χ1v) is 9.58. The topological polar surface area (TPSA) is 51.0 Å². The van der Waals surface area contributed by atoms with Crippen LogP contribution in [-0.2, 0) is 11.2 Å². The van der Waals surface area contributed by atoms with E-state index in [9.17, 15) is 9.18 Å². The second-order valence-electron chi connectivity index (χ2n) is 7.28. The number of nitrogens with zero attached hydrogens (tertiary/aromatic N) is 4. The fourth-order valence-electron chi connectivity index (χ4n) is 3.94. The monoisotopic (exact) mass is 378 g/mol. The number of halogens is 1. The molecule has 1 aliphatic rings. The molecule has 3 heterocycles. The predicted molar refractivity (Wildman–Crippen MR) is 105 cm³/mol. The third kappa shape index (κ3) is 3.81. The number of amides is 1. The molecule has 0 aliphatic carbocycles. The number of likely N-dealkylation sites (tertiary alicyclic amines) is 1. The maximum Gasteiger partial charge on any atom is 0.227 e. The highest BCUT2D eigenvalue weighted by atomic mass is 19.1. The molecular formula is C22H23FN4O. The third-order valence-corrected chi connectivity index (χ3v) is 5.26. The van der Waals surface area contributed by atoms with Crippen LogP contribution in [0.5, 0.6) is 0 Å². The van der Waals surface area contributed by atoms with E-state index in [1.54, 1.807) is 18.3 Å². The molecule has 0 N–H and O–H groups in total. The molecule has 1 fully saturated rings. The first-order chi connectivity index (χ1) is 13.6. The Bertz CT molecular complexity index is 970. The number of carbonyl (C=O) groups is 1. The highest BCUT2D eigenvalue weighted by Gasteiger charge is 2.27. The van der Waals surface area contributed by atoms with Gasteiger partial charge in [0.15, 0.2) is 0 Å². The van der Waals surface area contributed by atoms with Gasteiger partial charge in [-0.3, -0.25) is 9.78 Å². The average molecular weight is 378 g/mol. The maximum atomic E-state index is 13.4. The molecule has 1 saturated heterocycles. The number of benzene rings is 1. The van der Waals surface area contributed by atoms with Crippen molar-refractivity contribution in [1.29, 1.82) is 0 Å². The fraction of sp³-hybridized carbons (Fsp3) is 0.318. The fourth-order valence-corrected chi connectivity index (χ4v) is 3.94.